The summed E-state index contributed by atoms with van der Waals surface area (Å²) in [5.74, 6) is 0.668. The highest BCUT2D eigenvalue weighted by molar-refractivity contribution is 9.10. The summed E-state index contributed by atoms with van der Waals surface area (Å²) in [5.41, 5.74) is 6.41. The first-order valence-electron chi connectivity index (χ1n) is 15.2. The minimum Gasteiger partial charge on any atom is -0.488 e. The van der Waals surface area contributed by atoms with Crippen molar-refractivity contribution in [3.8, 4) is 5.75 Å². The van der Waals surface area contributed by atoms with Crippen LogP contribution in [0, 0.1) is 10.1 Å². The van der Waals surface area contributed by atoms with Gasteiger partial charge in [-0.25, -0.2) is 4.99 Å². The summed E-state index contributed by atoms with van der Waals surface area (Å²) in [6, 6.07) is 34.3. The molecule has 47 heavy (non-hydrogen) atoms. The fourth-order valence-electron chi connectivity index (χ4n) is 6.55. The van der Waals surface area contributed by atoms with Crippen LogP contribution in [0.4, 0.5) is 5.69 Å². The van der Waals surface area contributed by atoms with Crippen LogP contribution in [0.3, 0.4) is 0 Å². The van der Waals surface area contributed by atoms with Gasteiger partial charge in [-0.15, -0.1) is 0 Å². The summed E-state index contributed by atoms with van der Waals surface area (Å²) < 4.78 is 9.61. The number of aryl methyl sites for hydroxylation is 1. The summed E-state index contributed by atoms with van der Waals surface area (Å²) in [6.45, 7) is 0.368. The topological polar surface area (TPSA) is 86.7 Å². The third kappa shape index (κ3) is 5.31. The Kier molecular flexibility index (Phi) is 7.42. The quantitative estimate of drug-likeness (QED) is 0.132. The van der Waals surface area contributed by atoms with Gasteiger partial charge in [0.1, 0.15) is 12.4 Å². The maximum absolute atomic E-state index is 14.5. The number of allylic oxidation sites excluding steroid dienone is 1. The van der Waals surface area contributed by atoms with Crippen molar-refractivity contribution in [3.05, 3.63) is 177 Å². The Morgan fingerprint density at radius 2 is 1.77 bits per heavy atom. The van der Waals surface area contributed by atoms with Crippen molar-refractivity contribution in [3.63, 3.8) is 0 Å². The molecule has 0 amide bonds. The van der Waals surface area contributed by atoms with Crippen LogP contribution in [0.15, 0.2) is 129 Å². The standard InChI is InChI=1S/C38H26BrN3O4S/c39-27-16-12-23(13-17-27)22-46-33-19-15-24-6-1-3-10-29(24)32(33)21-34-37(43)41-36(26-8-5-9-28(20-26)42(44)45)31-18-14-25-7-2-4-11-30(25)35(31)40-38(41)47-34/h1-13,15-17,19-21,36H,14,18,22H2/b34-21+/t36-/m0/s1. The minimum atomic E-state index is -0.516. The Labute approximate surface area is 281 Å². The average Bonchev–Trinajstić information content (AvgIpc) is 3.41. The lowest BCUT2D eigenvalue weighted by Crippen LogP contribution is -2.38. The van der Waals surface area contributed by atoms with Gasteiger partial charge in [-0.1, -0.05) is 106 Å². The highest BCUT2D eigenvalue weighted by Crippen LogP contribution is 2.41. The van der Waals surface area contributed by atoms with Gasteiger partial charge in [-0.3, -0.25) is 19.5 Å². The van der Waals surface area contributed by atoms with E-state index in [-0.39, 0.29) is 11.2 Å². The van der Waals surface area contributed by atoms with Crippen LogP contribution in [0.1, 0.15) is 40.3 Å². The third-order valence-corrected chi connectivity index (χ3v) is 10.3. The number of hydrogen-bond acceptors (Lipinski definition) is 6. The number of benzene rings is 5. The minimum absolute atomic E-state index is 0.0108. The number of halogens is 1. The molecule has 0 radical (unpaired) electrons. The van der Waals surface area contributed by atoms with E-state index in [0.29, 0.717) is 33.7 Å². The average molecular weight is 701 g/mol. The first-order chi connectivity index (χ1) is 22.9. The van der Waals surface area contributed by atoms with Crippen molar-refractivity contribution in [2.75, 3.05) is 0 Å². The van der Waals surface area contributed by atoms with Gasteiger partial charge in [0.05, 0.1) is 21.2 Å². The number of nitro groups is 1. The number of aromatic nitrogens is 1. The summed E-state index contributed by atoms with van der Waals surface area (Å²) >= 11 is 4.82. The number of hydrogen-bond donors (Lipinski definition) is 0. The second kappa shape index (κ2) is 11.9. The molecular weight excluding hydrogens is 674 g/mol. The van der Waals surface area contributed by atoms with Crippen molar-refractivity contribution in [2.45, 2.75) is 25.5 Å². The van der Waals surface area contributed by atoms with Crippen LogP contribution >= 0.6 is 27.3 Å². The molecule has 0 saturated carbocycles. The predicted octanol–water partition coefficient (Wildman–Crippen LogP) is 7.72. The molecule has 0 N–H and O–H groups in total. The van der Waals surface area contributed by atoms with Crippen LogP contribution in [0.2, 0.25) is 0 Å². The molecule has 5 aromatic carbocycles. The highest BCUT2D eigenvalue weighted by Gasteiger charge is 2.33. The molecule has 2 heterocycles. The van der Waals surface area contributed by atoms with E-state index in [0.717, 1.165) is 49.6 Å². The van der Waals surface area contributed by atoms with Crippen molar-refractivity contribution in [1.29, 1.82) is 0 Å². The molecule has 1 aromatic heterocycles. The van der Waals surface area contributed by atoms with Crippen molar-refractivity contribution in [1.82, 2.24) is 4.57 Å². The van der Waals surface area contributed by atoms with Gasteiger partial charge in [0.15, 0.2) is 4.80 Å². The first-order valence-corrected chi connectivity index (χ1v) is 16.8. The molecule has 2 aliphatic rings. The lowest BCUT2D eigenvalue weighted by atomic mass is 9.83. The van der Waals surface area contributed by atoms with Gasteiger partial charge in [0.2, 0.25) is 0 Å². The Morgan fingerprint density at radius 3 is 2.62 bits per heavy atom. The Hall–Kier alpha value is -5.12. The monoisotopic (exact) mass is 699 g/mol. The van der Waals surface area contributed by atoms with Crippen molar-refractivity contribution < 1.29 is 9.66 Å². The SMILES string of the molecule is O=c1/c(=C\c2c(OCc3ccc(Br)cc3)ccc3ccccc23)sc2n1[C@@H](c1cccc([N+](=O)[O-])c1)C1=C(N=2)c2ccccc2CC1. The van der Waals surface area contributed by atoms with E-state index in [2.05, 4.69) is 28.1 Å². The van der Waals surface area contributed by atoms with Gasteiger partial charge in [-0.05, 0) is 70.2 Å². The van der Waals surface area contributed by atoms with Gasteiger partial charge in [0, 0.05) is 27.7 Å². The second-order valence-electron chi connectivity index (χ2n) is 11.6. The maximum Gasteiger partial charge on any atom is 0.271 e. The molecule has 0 fully saturated rings. The lowest BCUT2D eigenvalue weighted by Gasteiger charge is -2.30. The number of thiazole rings is 1. The number of rotatable bonds is 6. The maximum atomic E-state index is 14.5. The molecule has 230 valence electrons. The van der Waals surface area contributed by atoms with Crippen LogP contribution < -0.4 is 19.6 Å². The zero-order chi connectivity index (χ0) is 32.1. The molecular formula is C38H26BrN3O4S. The van der Waals surface area contributed by atoms with Gasteiger partial charge in [-0.2, -0.15) is 0 Å². The van der Waals surface area contributed by atoms with E-state index in [1.54, 1.807) is 16.7 Å². The van der Waals surface area contributed by atoms with Crippen LogP contribution in [-0.4, -0.2) is 9.49 Å². The fraction of sp³-hybridized carbons (Fsp3) is 0.105. The smallest absolute Gasteiger partial charge is 0.271 e. The number of ether oxygens (including phenoxy) is 1. The molecule has 1 aliphatic carbocycles. The molecule has 0 saturated heterocycles. The largest absolute Gasteiger partial charge is 0.488 e. The van der Waals surface area contributed by atoms with Gasteiger partial charge < -0.3 is 4.74 Å². The normalized spacial score (nSPS) is 15.5. The summed E-state index contributed by atoms with van der Waals surface area (Å²) in [5, 5.41) is 13.8. The van der Waals surface area contributed by atoms with E-state index < -0.39 is 11.0 Å². The zero-order valence-corrected chi connectivity index (χ0v) is 27.3. The zero-order valence-electron chi connectivity index (χ0n) is 24.9. The molecule has 7 nitrogen and oxygen atoms in total. The molecule has 0 bridgehead atoms. The molecule has 9 heteroatoms. The number of non-ortho nitro benzene ring substituents is 1. The molecule has 1 aliphatic heterocycles. The van der Waals surface area contributed by atoms with Crippen molar-refractivity contribution >= 4 is 55.5 Å². The van der Waals surface area contributed by atoms with E-state index in [1.165, 1.54) is 23.0 Å². The van der Waals surface area contributed by atoms with E-state index in [1.807, 2.05) is 84.9 Å². The predicted molar refractivity (Wildman–Crippen MR) is 188 cm³/mol. The molecule has 1 atom stereocenters. The van der Waals surface area contributed by atoms with E-state index in [4.69, 9.17) is 9.73 Å². The Morgan fingerprint density at radius 1 is 0.957 bits per heavy atom. The number of fused-ring (bicyclic) bond motifs is 4. The number of nitrogens with zero attached hydrogens (tertiary/aromatic N) is 3. The highest BCUT2D eigenvalue weighted by atomic mass is 79.9. The number of nitro benzene ring substituents is 1. The summed E-state index contributed by atoms with van der Waals surface area (Å²) in [6.07, 6.45) is 3.41. The van der Waals surface area contributed by atoms with E-state index in [9.17, 15) is 14.9 Å². The molecule has 0 spiro atoms. The Balaban J connectivity index is 1.33. The Bertz CT molecular complexity index is 2450. The van der Waals surface area contributed by atoms with Gasteiger partial charge in [0.25, 0.3) is 11.2 Å². The van der Waals surface area contributed by atoms with Crippen LogP contribution in [0.5, 0.6) is 5.75 Å². The molecule has 6 aromatic rings. The molecule has 8 rings (SSSR count). The third-order valence-electron chi connectivity index (χ3n) is 8.78. The summed E-state index contributed by atoms with van der Waals surface area (Å²) in [7, 11) is 0. The van der Waals surface area contributed by atoms with Crippen molar-refractivity contribution in [2.24, 2.45) is 4.99 Å². The molecule has 0 unspecified atom stereocenters. The second-order valence-corrected chi connectivity index (χ2v) is 13.5. The van der Waals surface area contributed by atoms with Gasteiger partial charge >= 0.3 is 0 Å². The first kappa shape index (κ1) is 29.3. The fourth-order valence-corrected chi connectivity index (χ4v) is 7.80. The van der Waals surface area contributed by atoms with E-state index >= 15 is 0 Å². The lowest BCUT2D eigenvalue weighted by molar-refractivity contribution is -0.384. The summed E-state index contributed by atoms with van der Waals surface area (Å²) in [4.78, 5) is 31.5. The van der Waals surface area contributed by atoms with Crippen LogP contribution in [0.25, 0.3) is 22.5 Å². The van der Waals surface area contributed by atoms with Crippen LogP contribution in [-0.2, 0) is 13.0 Å².